The summed E-state index contributed by atoms with van der Waals surface area (Å²) in [6.45, 7) is 0.384. The van der Waals surface area contributed by atoms with Crippen molar-refractivity contribution in [2.24, 2.45) is 0 Å². The number of sulfone groups is 1. The van der Waals surface area contributed by atoms with Gasteiger partial charge in [-0.1, -0.05) is 0 Å². The molecule has 0 bridgehead atoms. The second-order valence-corrected chi connectivity index (χ2v) is 6.74. The molecule has 0 aliphatic heterocycles. The normalized spacial score (nSPS) is 17.0. The standard InChI is InChI=1S/C6H8F6O2S.ClHO4/c1-3(5(7,8)9)15(13,14)4(2)6(10,11)12;2-1(3,4)5/h3-4H,1-2H3;(H,2,3,4,5). The Kier molecular flexibility index (Phi) is 7.26. The van der Waals surface area contributed by atoms with E-state index in [1.165, 1.54) is 0 Å². The van der Waals surface area contributed by atoms with E-state index >= 15 is 0 Å². The van der Waals surface area contributed by atoms with E-state index in [1.54, 1.807) is 0 Å². The van der Waals surface area contributed by atoms with Gasteiger partial charge in [-0.3, -0.25) is 0 Å². The highest BCUT2D eigenvalue weighted by Crippen LogP contribution is 2.33. The van der Waals surface area contributed by atoms with Crippen LogP contribution < -0.4 is 14.0 Å². The molecule has 1 N–H and O–H groups in total. The molecule has 0 aromatic carbocycles. The molecule has 0 amide bonds. The van der Waals surface area contributed by atoms with Crippen LogP contribution in [0, 0.1) is 10.2 Å². The lowest BCUT2D eigenvalue weighted by atomic mass is 10.5. The summed E-state index contributed by atoms with van der Waals surface area (Å²) in [6, 6.07) is 0. The van der Waals surface area contributed by atoms with Gasteiger partial charge in [0.25, 0.3) is 0 Å². The molecule has 0 aromatic rings. The van der Waals surface area contributed by atoms with E-state index in [0.29, 0.717) is 0 Å². The second kappa shape index (κ2) is 6.62. The minimum absolute atomic E-state index is 0.192. The molecule has 2 atom stereocenters. The Morgan fingerprint density at radius 1 is 0.900 bits per heavy atom. The lowest BCUT2D eigenvalue weighted by Crippen LogP contribution is -2.58. The zero-order valence-electron chi connectivity index (χ0n) is 9.70. The molecule has 0 aliphatic carbocycles. The van der Waals surface area contributed by atoms with Crippen molar-refractivity contribution in [3.8, 4) is 0 Å². The Balaban J connectivity index is 0. The SMILES string of the molecule is CC(C(F)(F)F)S(=O)(=O)C(C)C(F)(F)F.[O-][Cl+3]([O-])([O-])O. The van der Waals surface area contributed by atoms with E-state index in [2.05, 4.69) is 0 Å². The Labute approximate surface area is 111 Å². The monoisotopic (exact) mass is 358 g/mol. The third-order valence-corrected chi connectivity index (χ3v) is 4.41. The van der Waals surface area contributed by atoms with Crippen LogP contribution in [-0.2, 0) is 9.84 Å². The van der Waals surface area contributed by atoms with Crippen LogP contribution in [0.5, 0.6) is 0 Å². The molecule has 20 heavy (non-hydrogen) atoms. The number of halogens is 7. The minimum Gasteiger partial charge on any atom is -0.228 e. The molecular formula is C6H9ClF6O6S. The second-order valence-electron chi connectivity index (χ2n) is 3.35. The lowest BCUT2D eigenvalue weighted by molar-refractivity contribution is -1.92. The maximum atomic E-state index is 11.9. The van der Waals surface area contributed by atoms with Gasteiger partial charge in [0.1, 0.15) is 0 Å². The number of hydrogen-bond donors (Lipinski definition) is 1. The average molecular weight is 359 g/mol. The van der Waals surface area contributed by atoms with E-state index in [0.717, 1.165) is 0 Å². The van der Waals surface area contributed by atoms with Crippen LogP contribution in [0.2, 0.25) is 0 Å². The topological polar surface area (TPSA) is 124 Å². The largest absolute Gasteiger partial charge is 0.405 e. The van der Waals surface area contributed by atoms with Gasteiger partial charge in [0.05, 0.1) is 14.9 Å². The van der Waals surface area contributed by atoms with Crippen LogP contribution in [0.1, 0.15) is 13.8 Å². The van der Waals surface area contributed by atoms with E-state index in [9.17, 15) is 34.8 Å². The van der Waals surface area contributed by atoms with Crippen LogP contribution in [-0.4, -0.2) is 35.9 Å². The smallest absolute Gasteiger partial charge is 0.228 e. The Hall–Kier alpha value is -0.340. The molecule has 6 nitrogen and oxygen atoms in total. The van der Waals surface area contributed by atoms with Crippen LogP contribution >= 0.6 is 0 Å². The van der Waals surface area contributed by atoms with Gasteiger partial charge in [-0.05, 0) is 13.8 Å². The summed E-state index contributed by atoms with van der Waals surface area (Å²) < 4.78 is 126. The molecular weight excluding hydrogens is 350 g/mol. The highest BCUT2D eigenvalue weighted by molar-refractivity contribution is 7.92. The summed E-state index contributed by atoms with van der Waals surface area (Å²) in [5, 5.41) is -6.05. The maximum absolute atomic E-state index is 11.9. The van der Waals surface area contributed by atoms with Gasteiger partial charge in [-0.25, -0.2) is 8.42 Å². The predicted molar refractivity (Wildman–Crippen MR) is 42.2 cm³/mol. The van der Waals surface area contributed by atoms with Crippen molar-refractivity contribution in [1.29, 1.82) is 0 Å². The van der Waals surface area contributed by atoms with Crippen molar-refractivity contribution in [1.82, 2.24) is 0 Å². The quantitative estimate of drug-likeness (QED) is 0.580. The minimum atomic E-state index is -5.30. The molecule has 0 fully saturated rings. The van der Waals surface area contributed by atoms with E-state index in [-0.39, 0.29) is 13.8 Å². The molecule has 0 aliphatic rings. The van der Waals surface area contributed by atoms with E-state index in [4.69, 9.17) is 18.6 Å². The van der Waals surface area contributed by atoms with Crippen molar-refractivity contribution in [2.75, 3.05) is 0 Å². The van der Waals surface area contributed by atoms with Gasteiger partial charge >= 0.3 is 12.4 Å². The Morgan fingerprint density at radius 2 is 1.05 bits per heavy atom. The zero-order valence-corrected chi connectivity index (χ0v) is 11.3. The fourth-order valence-corrected chi connectivity index (χ4v) is 2.04. The molecule has 14 heteroatoms. The van der Waals surface area contributed by atoms with Crippen LogP contribution in [0.25, 0.3) is 0 Å². The first-order valence-electron chi connectivity index (χ1n) is 4.30. The number of hydrogen-bond acceptors (Lipinski definition) is 6. The summed E-state index contributed by atoms with van der Waals surface area (Å²) in [7, 11) is -10.00. The molecule has 124 valence electrons. The van der Waals surface area contributed by atoms with Crippen LogP contribution in [0.15, 0.2) is 0 Å². The molecule has 0 heterocycles. The van der Waals surface area contributed by atoms with E-state index < -0.39 is 42.9 Å². The Bertz CT molecular complexity index is 366. The third-order valence-electron chi connectivity index (χ3n) is 1.91. The zero-order chi connectivity index (χ0) is 17.2. The predicted octanol–water partition coefficient (Wildman–Crippen LogP) is -1.82. The van der Waals surface area contributed by atoms with E-state index in [1.807, 2.05) is 0 Å². The fourth-order valence-electron chi connectivity index (χ4n) is 0.679. The summed E-state index contributed by atoms with van der Waals surface area (Å²) in [5.74, 6) is 0. The van der Waals surface area contributed by atoms with Crippen molar-refractivity contribution >= 4 is 9.84 Å². The van der Waals surface area contributed by atoms with Crippen LogP contribution in [0.3, 0.4) is 0 Å². The first kappa shape index (κ1) is 21.9. The molecule has 0 spiro atoms. The fraction of sp³-hybridized carbons (Fsp3) is 1.00. The molecule has 0 radical (unpaired) electrons. The first-order chi connectivity index (χ1) is 8.31. The Morgan fingerprint density at radius 3 is 1.15 bits per heavy atom. The molecule has 0 saturated carbocycles. The lowest BCUT2D eigenvalue weighted by Gasteiger charge is -2.22. The highest BCUT2D eigenvalue weighted by Gasteiger charge is 2.54. The molecule has 0 saturated heterocycles. The third kappa shape index (κ3) is 8.76. The van der Waals surface area contributed by atoms with Gasteiger partial charge in [0, 0.05) is 0 Å². The summed E-state index contributed by atoms with van der Waals surface area (Å²) in [5.41, 5.74) is 0. The van der Waals surface area contributed by atoms with Gasteiger partial charge in [-0.2, -0.15) is 40.3 Å². The van der Waals surface area contributed by atoms with Gasteiger partial charge in [0.2, 0.25) is 0 Å². The van der Waals surface area contributed by atoms with Crippen molar-refractivity contribution in [2.45, 2.75) is 36.7 Å². The maximum Gasteiger partial charge on any atom is 0.405 e. The number of rotatable bonds is 2. The highest BCUT2D eigenvalue weighted by atomic mass is 35.7. The van der Waals surface area contributed by atoms with Gasteiger partial charge in [0.15, 0.2) is 20.3 Å². The van der Waals surface area contributed by atoms with Crippen molar-refractivity contribution in [3.63, 3.8) is 0 Å². The molecule has 2 unspecified atom stereocenters. The molecule has 0 rings (SSSR count). The summed E-state index contributed by atoms with van der Waals surface area (Å²) >= 11 is 0. The van der Waals surface area contributed by atoms with Crippen LogP contribution in [0.4, 0.5) is 26.3 Å². The van der Waals surface area contributed by atoms with Crippen molar-refractivity contribution in [3.05, 3.63) is 0 Å². The number of alkyl halides is 6. The first-order valence-corrected chi connectivity index (χ1v) is 7.18. The average Bonchev–Trinajstić information content (AvgIpc) is 2.09. The summed E-state index contributed by atoms with van der Waals surface area (Å²) in [6.07, 6.45) is -10.4. The van der Waals surface area contributed by atoms with Gasteiger partial charge in [-0.15, -0.1) is 0 Å². The van der Waals surface area contributed by atoms with Gasteiger partial charge < -0.3 is 0 Å². The molecule has 0 aromatic heterocycles. The summed E-state index contributed by atoms with van der Waals surface area (Å²) in [4.78, 5) is 0. The van der Waals surface area contributed by atoms with Crippen molar-refractivity contribution < 1.29 is 63.6 Å².